The van der Waals surface area contributed by atoms with Gasteiger partial charge in [-0.05, 0) is 18.2 Å². The lowest BCUT2D eigenvalue weighted by Gasteiger charge is -2.05. The Morgan fingerprint density at radius 1 is 1.22 bits per heavy atom. The molecule has 3 rings (SSSR count). The quantitative estimate of drug-likeness (QED) is 0.828. The second-order valence-corrected chi connectivity index (χ2v) is 3.77. The summed E-state index contributed by atoms with van der Waals surface area (Å²) >= 11 is 0. The summed E-state index contributed by atoms with van der Waals surface area (Å²) in [6.45, 7) is 0. The smallest absolute Gasteiger partial charge is 0.357 e. The number of carboxylic acid groups (broad SMARTS) is 1. The second kappa shape index (κ2) is 3.96. The molecule has 88 valence electrons. The van der Waals surface area contributed by atoms with E-state index < -0.39 is 5.97 Å². The summed E-state index contributed by atoms with van der Waals surface area (Å²) in [6.07, 6.45) is 4.72. The molecule has 0 unspecified atom stereocenters. The highest BCUT2D eigenvalue weighted by Crippen LogP contribution is 2.30. The molecule has 0 amide bonds. The van der Waals surface area contributed by atoms with Crippen molar-refractivity contribution in [1.82, 2.24) is 4.98 Å². The van der Waals surface area contributed by atoms with Crippen LogP contribution in [0.1, 0.15) is 5.56 Å². The molecule has 1 aromatic carbocycles. The molecule has 0 aliphatic carbocycles. The summed E-state index contributed by atoms with van der Waals surface area (Å²) in [6, 6.07) is 7.48. The maximum Gasteiger partial charge on any atom is 0.357 e. The number of nitrogens with zero attached hydrogens (tertiary/aromatic N) is 2. The van der Waals surface area contributed by atoms with Crippen molar-refractivity contribution in [2.24, 2.45) is 5.16 Å². The fourth-order valence-electron chi connectivity index (χ4n) is 1.77. The van der Waals surface area contributed by atoms with E-state index >= 15 is 0 Å². The molecule has 0 spiro atoms. The zero-order chi connectivity index (χ0) is 12.5. The average Bonchev–Trinajstić information content (AvgIpc) is 2.61. The molecule has 0 atom stereocenters. The zero-order valence-corrected chi connectivity index (χ0v) is 9.20. The fraction of sp³-hybridized carbons (Fsp3) is 0. The molecule has 5 heteroatoms. The third-order valence-corrected chi connectivity index (χ3v) is 2.63. The number of rotatable bonds is 1. The average molecular weight is 240 g/mol. The van der Waals surface area contributed by atoms with Crippen LogP contribution >= 0.6 is 0 Å². The van der Waals surface area contributed by atoms with Gasteiger partial charge in [0.05, 0.1) is 0 Å². The monoisotopic (exact) mass is 240 g/mol. The Balaban J connectivity index is 2.21. The van der Waals surface area contributed by atoms with Crippen LogP contribution < -0.4 is 4.84 Å². The zero-order valence-electron chi connectivity index (χ0n) is 9.20. The van der Waals surface area contributed by atoms with Crippen molar-refractivity contribution in [2.75, 3.05) is 0 Å². The Kier molecular flexibility index (Phi) is 2.30. The third-order valence-electron chi connectivity index (χ3n) is 2.63. The second-order valence-electron chi connectivity index (χ2n) is 3.77. The van der Waals surface area contributed by atoms with Crippen molar-refractivity contribution in [3.8, 4) is 5.75 Å². The minimum Gasteiger partial charge on any atom is -0.476 e. The van der Waals surface area contributed by atoms with Gasteiger partial charge >= 0.3 is 5.97 Å². The van der Waals surface area contributed by atoms with Gasteiger partial charge in [-0.3, -0.25) is 4.98 Å². The molecule has 1 aliphatic rings. The summed E-state index contributed by atoms with van der Waals surface area (Å²) < 4.78 is 0. The van der Waals surface area contributed by atoms with E-state index in [1.165, 1.54) is 6.08 Å². The first-order valence-corrected chi connectivity index (χ1v) is 5.30. The van der Waals surface area contributed by atoms with Gasteiger partial charge in [-0.15, -0.1) is 0 Å². The lowest BCUT2D eigenvalue weighted by atomic mass is 10.1. The Labute approximate surface area is 102 Å². The number of aromatic nitrogens is 1. The highest BCUT2D eigenvalue weighted by Gasteiger charge is 2.15. The summed E-state index contributed by atoms with van der Waals surface area (Å²) in [4.78, 5) is 20.3. The molecule has 2 aromatic rings. The number of aliphatic carboxylic acids is 1. The van der Waals surface area contributed by atoms with E-state index in [0.29, 0.717) is 11.3 Å². The van der Waals surface area contributed by atoms with Gasteiger partial charge in [0.1, 0.15) is 5.52 Å². The third kappa shape index (κ3) is 1.62. The predicted octanol–water partition coefficient (Wildman–Crippen LogP) is 2.08. The van der Waals surface area contributed by atoms with Gasteiger partial charge in [-0.1, -0.05) is 23.4 Å². The Hall–Kier alpha value is -2.69. The molecule has 0 fully saturated rings. The van der Waals surface area contributed by atoms with E-state index in [9.17, 15) is 4.79 Å². The van der Waals surface area contributed by atoms with Crippen LogP contribution in [-0.4, -0.2) is 21.8 Å². The van der Waals surface area contributed by atoms with Crippen molar-refractivity contribution in [1.29, 1.82) is 0 Å². The first kappa shape index (κ1) is 10.5. The van der Waals surface area contributed by atoms with E-state index in [4.69, 9.17) is 9.94 Å². The molecule has 0 saturated heterocycles. The molecule has 0 bridgehead atoms. The summed E-state index contributed by atoms with van der Waals surface area (Å²) in [5.41, 5.74) is 1.27. The van der Waals surface area contributed by atoms with E-state index in [2.05, 4.69) is 10.1 Å². The SMILES string of the molecule is O=C(O)C1=NOc2c(ccc3cccnc23)C=C1. The maximum atomic E-state index is 10.8. The number of hydrogen-bond donors (Lipinski definition) is 1. The lowest BCUT2D eigenvalue weighted by molar-refractivity contribution is -0.129. The van der Waals surface area contributed by atoms with Crippen LogP contribution in [0.15, 0.2) is 41.7 Å². The van der Waals surface area contributed by atoms with Crippen LogP contribution in [0.4, 0.5) is 0 Å². The van der Waals surface area contributed by atoms with Crippen molar-refractivity contribution in [2.45, 2.75) is 0 Å². The molecule has 1 N–H and O–H groups in total. The van der Waals surface area contributed by atoms with Crippen LogP contribution in [0, 0.1) is 0 Å². The van der Waals surface area contributed by atoms with Gasteiger partial charge in [0.2, 0.25) is 0 Å². The normalized spacial score (nSPS) is 13.4. The Bertz CT molecular complexity index is 704. The molecular weight excluding hydrogens is 232 g/mol. The van der Waals surface area contributed by atoms with E-state index in [-0.39, 0.29) is 5.71 Å². The van der Waals surface area contributed by atoms with Crippen LogP contribution in [0.5, 0.6) is 5.75 Å². The van der Waals surface area contributed by atoms with Crippen molar-refractivity contribution in [3.63, 3.8) is 0 Å². The lowest BCUT2D eigenvalue weighted by Crippen LogP contribution is -2.10. The van der Waals surface area contributed by atoms with Gasteiger partial charge in [0.25, 0.3) is 0 Å². The number of pyridine rings is 1. The number of fused-ring (bicyclic) bond motifs is 3. The highest BCUT2D eigenvalue weighted by molar-refractivity contribution is 6.41. The van der Waals surface area contributed by atoms with E-state index in [0.717, 1.165) is 10.9 Å². The van der Waals surface area contributed by atoms with Crippen LogP contribution in [-0.2, 0) is 4.79 Å². The van der Waals surface area contributed by atoms with E-state index in [1.54, 1.807) is 12.3 Å². The van der Waals surface area contributed by atoms with Crippen LogP contribution in [0.25, 0.3) is 17.0 Å². The minimum absolute atomic E-state index is 0.143. The molecule has 1 aliphatic heterocycles. The molecule has 0 radical (unpaired) electrons. The summed E-state index contributed by atoms with van der Waals surface area (Å²) in [5.74, 6) is -0.656. The largest absolute Gasteiger partial charge is 0.476 e. The van der Waals surface area contributed by atoms with E-state index in [1.807, 2.05) is 24.3 Å². The fourth-order valence-corrected chi connectivity index (χ4v) is 1.77. The van der Waals surface area contributed by atoms with Gasteiger partial charge in [0.15, 0.2) is 11.5 Å². The minimum atomic E-state index is -1.13. The number of benzene rings is 1. The van der Waals surface area contributed by atoms with Gasteiger partial charge in [-0.25, -0.2) is 4.79 Å². The predicted molar refractivity (Wildman–Crippen MR) is 66.5 cm³/mol. The number of hydrogen-bond acceptors (Lipinski definition) is 4. The van der Waals surface area contributed by atoms with Crippen molar-refractivity contribution < 1.29 is 14.7 Å². The van der Waals surface area contributed by atoms with Crippen LogP contribution in [0.2, 0.25) is 0 Å². The highest BCUT2D eigenvalue weighted by atomic mass is 16.6. The summed E-state index contributed by atoms with van der Waals surface area (Å²) in [5, 5.41) is 13.4. The molecular formula is C13H8N2O3. The Morgan fingerprint density at radius 3 is 2.94 bits per heavy atom. The molecule has 18 heavy (non-hydrogen) atoms. The first-order chi connectivity index (χ1) is 8.75. The van der Waals surface area contributed by atoms with Crippen molar-refractivity contribution in [3.05, 3.63) is 42.1 Å². The molecule has 5 nitrogen and oxygen atoms in total. The number of carboxylic acids is 1. The van der Waals surface area contributed by atoms with Gasteiger partial charge in [0, 0.05) is 17.1 Å². The van der Waals surface area contributed by atoms with Crippen molar-refractivity contribution >= 4 is 28.7 Å². The standard InChI is InChI=1S/C13H8N2O3/c16-13(17)10-6-5-9-4-3-8-2-1-7-14-11(8)12(9)18-15-10/h1-7H,(H,16,17). The Morgan fingerprint density at radius 2 is 2.11 bits per heavy atom. The molecule has 0 saturated carbocycles. The summed E-state index contributed by atoms with van der Waals surface area (Å²) in [7, 11) is 0. The topological polar surface area (TPSA) is 71.8 Å². The maximum absolute atomic E-state index is 10.8. The molecule has 1 aromatic heterocycles. The van der Waals surface area contributed by atoms with Crippen LogP contribution in [0.3, 0.4) is 0 Å². The van der Waals surface area contributed by atoms with Gasteiger partial charge < -0.3 is 9.94 Å². The number of oxime groups is 1. The van der Waals surface area contributed by atoms with Gasteiger partial charge in [-0.2, -0.15) is 0 Å². The molecule has 2 heterocycles. The first-order valence-electron chi connectivity index (χ1n) is 5.30. The number of carbonyl (C=O) groups is 1.